The van der Waals surface area contributed by atoms with Crippen molar-refractivity contribution in [2.24, 2.45) is 7.05 Å². The monoisotopic (exact) mass is 320 g/mol. The molecule has 0 bridgehead atoms. The van der Waals surface area contributed by atoms with Gasteiger partial charge in [0, 0.05) is 38.6 Å². The standard InChI is InChI=1S/C13H21ClN2O3S/c1-3-19-12-5-4-6-16(9-12)20(17,18)13-7-11(8-14)15(2)10-13/h7,10,12H,3-6,8-9H2,1-2H3. The number of rotatable bonds is 5. The normalized spacial score (nSPS) is 21.2. The van der Waals surface area contributed by atoms with Gasteiger partial charge in [-0.3, -0.25) is 0 Å². The second kappa shape index (κ2) is 6.47. The molecule has 1 saturated heterocycles. The molecule has 20 heavy (non-hydrogen) atoms. The third-order valence-electron chi connectivity index (χ3n) is 3.60. The number of halogens is 1. The van der Waals surface area contributed by atoms with Crippen LogP contribution in [0.15, 0.2) is 17.2 Å². The van der Waals surface area contributed by atoms with Gasteiger partial charge in [0.15, 0.2) is 0 Å². The van der Waals surface area contributed by atoms with Crippen molar-refractivity contribution in [1.82, 2.24) is 8.87 Å². The Morgan fingerprint density at radius 3 is 2.85 bits per heavy atom. The molecule has 1 aliphatic heterocycles. The Kier molecular flexibility index (Phi) is 5.12. The lowest BCUT2D eigenvalue weighted by Crippen LogP contribution is -2.43. The van der Waals surface area contributed by atoms with Crippen molar-refractivity contribution < 1.29 is 13.2 Å². The van der Waals surface area contributed by atoms with Crippen LogP contribution in [-0.4, -0.2) is 43.1 Å². The smallest absolute Gasteiger partial charge is 0.244 e. The molecule has 0 amide bonds. The summed E-state index contributed by atoms with van der Waals surface area (Å²) in [5.74, 6) is 0.299. The highest BCUT2D eigenvalue weighted by Crippen LogP contribution is 2.24. The van der Waals surface area contributed by atoms with E-state index in [4.69, 9.17) is 16.3 Å². The first-order chi connectivity index (χ1) is 9.48. The van der Waals surface area contributed by atoms with Gasteiger partial charge in [-0.05, 0) is 25.8 Å². The largest absolute Gasteiger partial charge is 0.377 e. The summed E-state index contributed by atoms with van der Waals surface area (Å²) in [4.78, 5) is 0.313. The molecule has 1 aromatic rings. The molecule has 1 unspecified atom stereocenters. The Morgan fingerprint density at radius 2 is 2.25 bits per heavy atom. The van der Waals surface area contributed by atoms with Crippen LogP contribution in [-0.2, 0) is 27.7 Å². The predicted molar refractivity (Wildman–Crippen MR) is 78.4 cm³/mol. The van der Waals surface area contributed by atoms with Crippen LogP contribution in [0.5, 0.6) is 0 Å². The molecule has 0 spiro atoms. The van der Waals surface area contributed by atoms with E-state index in [1.807, 2.05) is 6.92 Å². The molecular weight excluding hydrogens is 300 g/mol. The maximum atomic E-state index is 12.6. The SMILES string of the molecule is CCOC1CCCN(S(=O)(=O)c2cc(CCl)n(C)c2)C1. The van der Waals surface area contributed by atoms with E-state index in [-0.39, 0.29) is 6.10 Å². The molecule has 0 aromatic carbocycles. The summed E-state index contributed by atoms with van der Waals surface area (Å²) in [7, 11) is -1.65. The fourth-order valence-corrected chi connectivity index (χ4v) is 4.37. The second-order valence-corrected chi connectivity index (χ2v) is 7.20. The van der Waals surface area contributed by atoms with Crippen LogP contribution >= 0.6 is 11.6 Å². The highest BCUT2D eigenvalue weighted by Gasteiger charge is 2.31. The van der Waals surface area contributed by atoms with Crippen molar-refractivity contribution in [3.05, 3.63) is 18.0 Å². The van der Waals surface area contributed by atoms with Crippen LogP contribution in [0, 0.1) is 0 Å². The van der Waals surface area contributed by atoms with Crippen molar-refractivity contribution >= 4 is 21.6 Å². The molecule has 114 valence electrons. The van der Waals surface area contributed by atoms with Crippen LogP contribution in [0.3, 0.4) is 0 Å². The number of nitrogens with zero attached hydrogens (tertiary/aromatic N) is 2. The molecule has 0 aliphatic carbocycles. The highest BCUT2D eigenvalue weighted by atomic mass is 35.5. The molecule has 0 radical (unpaired) electrons. The van der Waals surface area contributed by atoms with Gasteiger partial charge in [0.2, 0.25) is 10.0 Å². The summed E-state index contributed by atoms with van der Waals surface area (Å²) in [5, 5.41) is 0. The highest BCUT2D eigenvalue weighted by molar-refractivity contribution is 7.89. The summed E-state index contributed by atoms with van der Waals surface area (Å²) < 4.78 is 34.1. The van der Waals surface area contributed by atoms with Crippen LogP contribution in [0.1, 0.15) is 25.5 Å². The summed E-state index contributed by atoms with van der Waals surface area (Å²) >= 11 is 5.80. The summed E-state index contributed by atoms with van der Waals surface area (Å²) in [6.45, 7) is 3.52. The quantitative estimate of drug-likeness (QED) is 0.779. The van der Waals surface area contributed by atoms with E-state index < -0.39 is 10.0 Å². The Hall–Kier alpha value is -0.560. The molecule has 0 saturated carbocycles. The van der Waals surface area contributed by atoms with Gasteiger partial charge in [-0.25, -0.2) is 8.42 Å². The van der Waals surface area contributed by atoms with Crippen LogP contribution in [0.25, 0.3) is 0 Å². The molecule has 1 fully saturated rings. The number of sulfonamides is 1. The summed E-state index contributed by atoms with van der Waals surface area (Å²) in [6.07, 6.45) is 3.37. The first kappa shape index (κ1) is 15.8. The lowest BCUT2D eigenvalue weighted by molar-refractivity contribution is 0.0265. The minimum absolute atomic E-state index is 0.000246. The van der Waals surface area contributed by atoms with E-state index in [1.165, 1.54) is 4.31 Å². The molecule has 7 heteroatoms. The van der Waals surface area contributed by atoms with Gasteiger partial charge in [0.1, 0.15) is 4.90 Å². The summed E-state index contributed by atoms with van der Waals surface area (Å²) in [5.41, 5.74) is 0.795. The van der Waals surface area contributed by atoms with E-state index >= 15 is 0 Å². The van der Waals surface area contributed by atoms with Gasteiger partial charge in [-0.2, -0.15) is 4.31 Å². The van der Waals surface area contributed by atoms with Gasteiger partial charge in [-0.1, -0.05) is 0 Å². The fourth-order valence-electron chi connectivity index (χ4n) is 2.50. The second-order valence-electron chi connectivity index (χ2n) is 4.99. The number of aromatic nitrogens is 1. The van der Waals surface area contributed by atoms with Crippen LogP contribution < -0.4 is 0 Å². The Balaban J connectivity index is 2.20. The van der Waals surface area contributed by atoms with E-state index in [0.717, 1.165) is 18.5 Å². The van der Waals surface area contributed by atoms with Crippen LogP contribution in [0.2, 0.25) is 0 Å². The van der Waals surface area contributed by atoms with E-state index in [1.54, 1.807) is 23.9 Å². The minimum Gasteiger partial charge on any atom is -0.377 e. The average molecular weight is 321 g/mol. The topological polar surface area (TPSA) is 51.5 Å². The van der Waals surface area contributed by atoms with E-state index in [0.29, 0.717) is 30.5 Å². The number of aryl methyl sites for hydroxylation is 1. The van der Waals surface area contributed by atoms with Crippen molar-refractivity contribution in [3.8, 4) is 0 Å². The Bertz CT molecular complexity index is 554. The van der Waals surface area contributed by atoms with Gasteiger partial charge < -0.3 is 9.30 Å². The van der Waals surface area contributed by atoms with Crippen molar-refractivity contribution in [3.63, 3.8) is 0 Å². The fraction of sp³-hybridized carbons (Fsp3) is 0.692. The summed E-state index contributed by atoms with van der Waals surface area (Å²) in [6, 6.07) is 1.65. The molecule has 2 rings (SSSR count). The zero-order valence-electron chi connectivity index (χ0n) is 11.9. The zero-order chi connectivity index (χ0) is 14.8. The number of piperidine rings is 1. The Labute approximate surface area is 125 Å². The molecule has 2 heterocycles. The van der Waals surface area contributed by atoms with Gasteiger partial charge in [0.25, 0.3) is 0 Å². The van der Waals surface area contributed by atoms with Gasteiger partial charge in [0.05, 0.1) is 12.0 Å². The third-order valence-corrected chi connectivity index (χ3v) is 5.71. The van der Waals surface area contributed by atoms with E-state index in [9.17, 15) is 8.42 Å². The van der Waals surface area contributed by atoms with Crippen LogP contribution in [0.4, 0.5) is 0 Å². The lowest BCUT2D eigenvalue weighted by atomic mass is 10.1. The molecule has 5 nitrogen and oxygen atoms in total. The van der Waals surface area contributed by atoms with Crippen molar-refractivity contribution in [2.45, 2.75) is 36.6 Å². The van der Waals surface area contributed by atoms with Crippen molar-refractivity contribution in [2.75, 3.05) is 19.7 Å². The minimum atomic E-state index is -3.45. The molecule has 1 aromatic heterocycles. The van der Waals surface area contributed by atoms with Gasteiger partial charge >= 0.3 is 0 Å². The van der Waals surface area contributed by atoms with Gasteiger partial charge in [-0.15, -0.1) is 11.6 Å². The molecule has 0 N–H and O–H groups in total. The number of alkyl halides is 1. The predicted octanol–water partition coefficient (Wildman–Crippen LogP) is 1.95. The third kappa shape index (κ3) is 3.19. The zero-order valence-corrected chi connectivity index (χ0v) is 13.5. The first-order valence-electron chi connectivity index (χ1n) is 6.82. The maximum Gasteiger partial charge on any atom is 0.244 e. The first-order valence-corrected chi connectivity index (χ1v) is 8.79. The van der Waals surface area contributed by atoms with E-state index in [2.05, 4.69) is 0 Å². The molecular formula is C13H21ClN2O3S. The number of ether oxygens (including phenoxy) is 1. The van der Waals surface area contributed by atoms with Crippen molar-refractivity contribution in [1.29, 1.82) is 0 Å². The Morgan fingerprint density at radius 1 is 1.50 bits per heavy atom. The number of hydrogen-bond acceptors (Lipinski definition) is 3. The molecule has 1 aliphatic rings. The lowest BCUT2D eigenvalue weighted by Gasteiger charge is -2.31. The number of hydrogen-bond donors (Lipinski definition) is 0. The average Bonchev–Trinajstić information content (AvgIpc) is 2.81. The maximum absolute atomic E-state index is 12.6. The molecule has 1 atom stereocenters.